The van der Waals surface area contributed by atoms with Crippen molar-refractivity contribution >= 4 is 17.6 Å². The zero-order valence-corrected chi connectivity index (χ0v) is 17.9. The lowest BCUT2D eigenvalue weighted by atomic mass is 9.53. The fraction of sp³-hybridized carbons (Fsp3) is 0.652. The summed E-state index contributed by atoms with van der Waals surface area (Å²) in [6.07, 6.45) is 7.38. The molecule has 7 nitrogen and oxygen atoms in total. The number of nitrogens with one attached hydrogen (secondary N) is 1. The van der Waals surface area contributed by atoms with Crippen molar-refractivity contribution in [3.8, 4) is 11.5 Å². The van der Waals surface area contributed by atoms with E-state index in [1.165, 1.54) is 19.3 Å². The van der Waals surface area contributed by atoms with Gasteiger partial charge in [-0.25, -0.2) is 4.79 Å². The monoisotopic (exact) mass is 413 g/mol. The molecule has 0 aromatic heterocycles. The van der Waals surface area contributed by atoms with Crippen LogP contribution in [0.1, 0.15) is 38.5 Å². The maximum absolute atomic E-state index is 13.0. The zero-order chi connectivity index (χ0) is 20.9. The fourth-order valence-electron chi connectivity index (χ4n) is 6.73. The molecule has 1 aliphatic heterocycles. The Balaban J connectivity index is 1.25. The highest BCUT2D eigenvalue weighted by molar-refractivity contribution is 5.98. The van der Waals surface area contributed by atoms with Crippen LogP contribution in [0, 0.1) is 17.8 Å². The van der Waals surface area contributed by atoms with E-state index in [-0.39, 0.29) is 24.0 Å². The molecule has 1 heterocycles. The second-order valence-electron chi connectivity index (χ2n) is 9.64. The van der Waals surface area contributed by atoms with Crippen molar-refractivity contribution in [2.24, 2.45) is 17.8 Å². The zero-order valence-electron chi connectivity index (χ0n) is 17.9. The summed E-state index contributed by atoms with van der Waals surface area (Å²) in [4.78, 5) is 29.3. The highest BCUT2D eigenvalue weighted by Gasteiger charge is 2.51. The Morgan fingerprint density at radius 1 is 1.07 bits per heavy atom. The molecule has 6 rings (SSSR count). The van der Waals surface area contributed by atoms with Crippen LogP contribution < -0.4 is 19.7 Å². The van der Waals surface area contributed by atoms with E-state index in [0.29, 0.717) is 30.3 Å². The summed E-state index contributed by atoms with van der Waals surface area (Å²) in [5.41, 5.74) is 0.649. The second kappa shape index (κ2) is 7.36. The molecule has 1 saturated heterocycles. The van der Waals surface area contributed by atoms with Crippen LogP contribution in [0.5, 0.6) is 11.5 Å². The highest BCUT2D eigenvalue weighted by Crippen LogP contribution is 2.55. The van der Waals surface area contributed by atoms with Crippen LogP contribution in [0.15, 0.2) is 18.2 Å². The van der Waals surface area contributed by atoms with E-state index >= 15 is 0 Å². The maximum atomic E-state index is 13.0. The van der Waals surface area contributed by atoms with Gasteiger partial charge in [-0.05, 0) is 68.4 Å². The van der Waals surface area contributed by atoms with Gasteiger partial charge in [0.25, 0.3) is 0 Å². The van der Waals surface area contributed by atoms with E-state index in [9.17, 15) is 9.59 Å². The van der Waals surface area contributed by atoms with E-state index in [2.05, 4.69) is 5.32 Å². The molecule has 1 aromatic rings. The molecule has 5 aliphatic rings. The van der Waals surface area contributed by atoms with Gasteiger partial charge < -0.3 is 19.7 Å². The lowest BCUT2D eigenvalue weighted by Gasteiger charge is -2.57. The average molecular weight is 414 g/mol. The van der Waals surface area contributed by atoms with Gasteiger partial charge in [0.05, 0.1) is 19.9 Å². The number of ether oxygens (including phenoxy) is 2. The minimum atomic E-state index is -0.165. The Morgan fingerprint density at radius 3 is 2.33 bits per heavy atom. The first-order chi connectivity index (χ1) is 14.5. The minimum absolute atomic E-state index is 0.0234. The van der Waals surface area contributed by atoms with Crippen molar-refractivity contribution in [3.05, 3.63) is 18.2 Å². The van der Waals surface area contributed by atoms with Gasteiger partial charge in [0.2, 0.25) is 5.91 Å². The molecule has 162 valence electrons. The first-order valence-electron chi connectivity index (χ1n) is 11.1. The molecule has 4 saturated carbocycles. The number of hydrogen-bond donors (Lipinski definition) is 1. The first-order valence-corrected chi connectivity index (χ1v) is 11.1. The number of urea groups is 1. The van der Waals surface area contributed by atoms with Crippen LogP contribution in [-0.2, 0) is 4.79 Å². The van der Waals surface area contributed by atoms with E-state index in [1.807, 2.05) is 0 Å². The van der Waals surface area contributed by atoms with Gasteiger partial charge in [0, 0.05) is 24.7 Å². The number of methoxy groups -OCH3 is 2. The molecule has 4 aliphatic carbocycles. The normalized spacial score (nSPS) is 31.9. The van der Waals surface area contributed by atoms with Crippen molar-refractivity contribution in [1.82, 2.24) is 10.2 Å². The molecule has 5 fully saturated rings. The number of amides is 3. The largest absolute Gasteiger partial charge is 0.497 e. The molecule has 3 amide bonds. The Morgan fingerprint density at radius 2 is 1.73 bits per heavy atom. The highest BCUT2D eigenvalue weighted by atomic mass is 16.5. The molecule has 30 heavy (non-hydrogen) atoms. The summed E-state index contributed by atoms with van der Waals surface area (Å²) in [6, 6.07) is 5.24. The van der Waals surface area contributed by atoms with Crippen molar-refractivity contribution in [1.29, 1.82) is 0 Å². The number of rotatable bonds is 6. The van der Waals surface area contributed by atoms with Gasteiger partial charge in [0.1, 0.15) is 18.0 Å². The number of anilines is 1. The molecule has 4 bridgehead atoms. The standard InChI is InChI=1S/C23H31N3O4/c1-29-18-3-4-20(30-2)19(10-18)26-6-5-25(22(26)28)14-21(27)24-23-11-15-7-16(12-23)9-17(8-15)13-23/h3-4,10,15-17H,5-9,11-14H2,1-2H3,(H,24,27). The van der Waals surface area contributed by atoms with Crippen molar-refractivity contribution in [2.45, 2.75) is 44.1 Å². The van der Waals surface area contributed by atoms with Gasteiger partial charge in [-0.3, -0.25) is 9.69 Å². The van der Waals surface area contributed by atoms with Crippen molar-refractivity contribution < 1.29 is 19.1 Å². The molecule has 0 spiro atoms. The fourth-order valence-corrected chi connectivity index (χ4v) is 6.73. The lowest BCUT2D eigenvalue weighted by molar-refractivity contribution is -0.127. The lowest BCUT2D eigenvalue weighted by Crippen LogP contribution is -2.61. The van der Waals surface area contributed by atoms with E-state index < -0.39 is 0 Å². The van der Waals surface area contributed by atoms with E-state index in [0.717, 1.165) is 37.0 Å². The Kier molecular flexibility index (Phi) is 4.79. The Bertz CT molecular complexity index is 820. The van der Waals surface area contributed by atoms with Gasteiger partial charge in [-0.2, -0.15) is 0 Å². The van der Waals surface area contributed by atoms with Gasteiger partial charge in [-0.1, -0.05) is 0 Å². The van der Waals surface area contributed by atoms with Gasteiger partial charge in [-0.15, -0.1) is 0 Å². The van der Waals surface area contributed by atoms with E-state index in [4.69, 9.17) is 9.47 Å². The summed E-state index contributed by atoms with van der Waals surface area (Å²) in [6.45, 7) is 1.16. The summed E-state index contributed by atoms with van der Waals surface area (Å²) in [7, 11) is 3.18. The van der Waals surface area contributed by atoms with Crippen LogP contribution in [0.25, 0.3) is 0 Å². The molecular weight excluding hydrogens is 382 g/mol. The minimum Gasteiger partial charge on any atom is -0.497 e. The van der Waals surface area contributed by atoms with E-state index in [1.54, 1.807) is 42.2 Å². The maximum Gasteiger partial charge on any atom is 0.325 e. The molecule has 1 N–H and O–H groups in total. The molecule has 7 heteroatoms. The number of carbonyl (C=O) groups is 2. The van der Waals surface area contributed by atoms with Gasteiger partial charge >= 0.3 is 6.03 Å². The molecule has 0 atom stereocenters. The van der Waals surface area contributed by atoms with Crippen LogP contribution >= 0.6 is 0 Å². The quantitative estimate of drug-likeness (QED) is 0.778. The summed E-state index contributed by atoms with van der Waals surface area (Å²) >= 11 is 0. The Hall–Kier alpha value is -2.44. The average Bonchev–Trinajstić information content (AvgIpc) is 3.06. The van der Waals surface area contributed by atoms with Crippen LogP contribution in [0.2, 0.25) is 0 Å². The van der Waals surface area contributed by atoms with Crippen molar-refractivity contribution in [3.63, 3.8) is 0 Å². The molecule has 1 aromatic carbocycles. The molecule has 0 radical (unpaired) electrons. The molecular formula is C23H31N3O4. The third kappa shape index (κ3) is 3.38. The third-order valence-corrected chi connectivity index (χ3v) is 7.55. The predicted molar refractivity (Wildman–Crippen MR) is 113 cm³/mol. The first kappa shape index (κ1) is 19.5. The summed E-state index contributed by atoms with van der Waals surface area (Å²) in [5, 5.41) is 3.37. The Labute approximate surface area is 177 Å². The summed E-state index contributed by atoms with van der Waals surface area (Å²) < 4.78 is 10.7. The number of nitrogens with zero attached hydrogens (tertiary/aromatic N) is 2. The van der Waals surface area contributed by atoms with Gasteiger partial charge in [0.15, 0.2) is 0 Å². The SMILES string of the molecule is COc1ccc(OC)c(N2CCN(CC(=O)NC34CC5CC(CC(C5)C3)C4)C2=O)c1. The second-order valence-corrected chi connectivity index (χ2v) is 9.64. The topological polar surface area (TPSA) is 71.1 Å². The van der Waals surface area contributed by atoms with Crippen LogP contribution in [-0.4, -0.2) is 56.2 Å². The van der Waals surface area contributed by atoms with Crippen LogP contribution in [0.3, 0.4) is 0 Å². The third-order valence-electron chi connectivity index (χ3n) is 7.55. The number of benzene rings is 1. The van der Waals surface area contributed by atoms with Crippen molar-refractivity contribution in [2.75, 3.05) is 38.8 Å². The predicted octanol–water partition coefficient (Wildman–Crippen LogP) is 3.03. The smallest absolute Gasteiger partial charge is 0.325 e. The molecule has 0 unspecified atom stereocenters. The number of carbonyl (C=O) groups excluding carboxylic acids is 2. The summed E-state index contributed by atoms with van der Waals surface area (Å²) in [5.74, 6) is 3.59. The van der Waals surface area contributed by atoms with Crippen LogP contribution in [0.4, 0.5) is 10.5 Å². The number of hydrogen-bond acceptors (Lipinski definition) is 4.